The lowest BCUT2D eigenvalue weighted by atomic mass is 9.92. The monoisotopic (exact) mass is 212 g/mol. The molecule has 1 saturated carbocycles. The molecule has 90 valence electrons. The normalized spacial score (nSPS) is 21.2. The van der Waals surface area contributed by atoms with Gasteiger partial charge in [-0.15, -0.1) is 0 Å². The smallest absolute Gasteiger partial charge is 0.0193 e. The van der Waals surface area contributed by atoms with Crippen LogP contribution in [0, 0.1) is 5.92 Å². The van der Waals surface area contributed by atoms with Crippen molar-refractivity contribution in [2.45, 2.75) is 65.0 Å². The predicted molar refractivity (Wildman–Crippen MR) is 66.9 cm³/mol. The van der Waals surface area contributed by atoms with Gasteiger partial charge in [-0.05, 0) is 25.7 Å². The second kappa shape index (κ2) is 6.49. The van der Waals surface area contributed by atoms with E-state index < -0.39 is 0 Å². The molecule has 2 heteroatoms. The maximum atomic E-state index is 5.81. The van der Waals surface area contributed by atoms with Crippen molar-refractivity contribution >= 4 is 0 Å². The number of nitrogens with two attached hydrogens (primary N) is 1. The fourth-order valence-electron chi connectivity index (χ4n) is 2.66. The summed E-state index contributed by atoms with van der Waals surface area (Å²) in [5.41, 5.74) is 5.81. The zero-order valence-corrected chi connectivity index (χ0v) is 10.7. The van der Waals surface area contributed by atoms with Gasteiger partial charge >= 0.3 is 0 Å². The first-order valence-corrected chi connectivity index (χ1v) is 6.61. The third-order valence-corrected chi connectivity index (χ3v) is 3.53. The van der Waals surface area contributed by atoms with Gasteiger partial charge in [0, 0.05) is 25.2 Å². The highest BCUT2D eigenvalue weighted by Crippen LogP contribution is 2.24. The summed E-state index contributed by atoms with van der Waals surface area (Å²) in [5.74, 6) is 0.751. The molecule has 1 atom stereocenters. The second-order valence-corrected chi connectivity index (χ2v) is 5.47. The van der Waals surface area contributed by atoms with Gasteiger partial charge < -0.3 is 5.73 Å². The molecule has 1 aliphatic rings. The van der Waals surface area contributed by atoms with E-state index in [1.807, 2.05) is 0 Å². The van der Waals surface area contributed by atoms with Gasteiger partial charge in [0.2, 0.25) is 0 Å². The zero-order chi connectivity index (χ0) is 11.3. The second-order valence-electron chi connectivity index (χ2n) is 5.47. The first kappa shape index (κ1) is 13.0. The molecule has 0 aromatic carbocycles. The molecule has 2 N–H and O–H groups in total. The summed E-state index contributed by atoms with van der Waals surface area (Å²) in [7, 11) is 0. The van der Waals surface area contributed by atoms with Gasteiger partial charge in [0.05, 0.1) is 0 Å². The van der Waals surface area contributed by atoms with Crippen LogP contribution in [0.4, 0.5) is 0 Å². The Hall–Kier alpha value is -0.0800. The molecule has 0 aromatic rings. The fraction of sp³-hybridized carbons (Fsp3) is 1.00. The first-order chi connectivity index (χ1) is 7.15. The van der Waals surface area contributed by atoms with Crippen molar-refractivity contribution in [2.24, 2.45) is 11.7 Å². The lowest BCUT2D eigenvalue weighted by Crippen LogP contribution is -2.47. The molecule has 0 bridgehead atoms. The highest BCUT2D eigenvalue weighted by Gasteiger charge is 2.24. The van der Waals surface area contributed by atoms with Crippen molar-refractivity contribution in [2.75, 3.05) is 13.1 Å². The van der Waals surface area contributed by atoms with Crippen LogP contribution in [0.2, 0.25) is 0 Å². The molecule has 0 aromatic heterocycles. The van der Waals surface area contributed by atoms with Crippen LogP contribution in [0.3, 0.4) is 0 Å². The maximum absolute atomic E-state index is 5.81. The Balaban J connectivity index is 2.52. The molecule has 0 amide bonds. The minimum absolute atomic E-state index is 0.551. The fourth-order valence-corrected chi connectivity index (χ4v) is 2.66. The lowest BCUT2D eigenvalue weighted by molar-refractivity contribution is 0.101. The number of rotatable bonds is 5. The maximum Gasteiger partial charge on any atom is 0.0193 e. The van der Waals surface area contributed by atoms with Crippen LogP contribution in [0.1, 0.15) is 52.9 Å². The Morgan fingerprint density at radius 1 is 1.13 bits per heavy atom. The standard InChI is InChI=1S/C13H28N2/c1-11(2)10-15(12(3)9-14)13-7-5-4-6-8-13/h11-13H,4-10,14H2,1-3H3. The molecule has 0 spiro atoms. The summed E-state index contributed by atoms with van der Waals surface area (Å²) in [6.45, 7) is 8.89. The van der Waals surface area contributed by atoms with Gasteiger partial charge in [-0.1, -0.05) is 33.1 Å². The topological polar surface area (TPSA) is 29.3 Å². The Morgan fingerprint density at radius 3 is 2.20 bits per heavy atom. The van der Waals surface area contributed by atoms with Gasteiger partial charge in [-0.2, -0.15) is 0 Å². The van der Waals surface area contributed by atoms with Crippen molar-refractivity contribution in [3.05, 3.63) is 0 Å². The van der Waals surface area contributed by atoms with Crippen LogP contribution in [0.25, 0.3) is 0 Å². The van der Waals surface area contributed by atoms with Crippen LogP contribution in [0.15, 0.2) is 0 Å². The van der Waals surface area contributed by atoms with Crippen LogP contribution in [-0.2, 0) is 0 Å². The van der Waals surface area contributed by atoms with Gasteiger partial charge in [0.1, 0.15) is 0 Å². The lowest BCUT2D eigenvalue weighted by Gasteiger charge is -2.39. The van der Waals surface area contributed by atoms with Crippen LogP contribution in [0.5, 0.6) is 0 Å². The van der Waals surface area contributed by atoms with Crippen molar-refractivity contribution in [1.82, 2.24) is 4.90 Å². The molecular weight excluding hydrogens is 184 g/mol. The number of hydrogen-bond acceptors (Lipinski definition) is 2. The molecule has 2 nitrogen and oxygen atoms in total. The molecular formula is C13H28N2. The van der Waals surface area contributed by atoms with E-state index in [-0.39, 0.29) is 0 Å². The predicted octanol–water partition coefficient (Wildman–Crippen LogP) is 2.62. The molecule has 0 heterocycles. The average molecular weight is 212 g/mol. The molecule has 15 heavy (non-hydrogen) atoms. The summed E-state index contributed by atoms with van der Waals surface area (Å²) < 4.78 is 0. The third kappa shape index (κ3) is 4.12. The van der Waals surface area contributed by atoms with Crippen molar-refractivity contribution in [1.29, 1.82) is 0 Å². The summed E-state index contributed by atoms with van der Waals surface area (Å²) in [6.07, 6.45) is 7.03. The summed E-state index contributed by atoms with van der Waals surface area (Å²) >= 11 is 0. The highest BCUT2D eigenvalue weighted by atomic mass is 15.2. The Labute approximate surface area is 95.2 Å². The van der Waals surface area contributed by atoms with E-state index in [0.29, 0.717) is 6.04 Å². The highest BCUT2D eigenvalue weighted by molar-refractivity contribution is 4.80. The average Bonchev–Trinajstić information content (AvgIpc) is 2.26. The Bertz CT molecular complexity index is 162. The van der Waals surface area contributed by atoms with Crippen molar-refractivity contribution in [3.8, 4) is 0 Å². The molecule has 0 saturated heterocycles. The summed E-state index contributed by atoms with van der Waals surface area (Å²) in [6, 6.07) is 1.36. The molecule has 0 radical (unpaired) electrons. The number of nitrogens with zero attached hydrogens (tertiary/aromatic N) is 1. The molecule has 0 aliphatic heterocycles. The van der Waals surface area contributed by atoms with E-state index in [9.17, 15) is 0 Å². The van der Waals surface area contributed by atoms with E-state index in [0.717, 1.165) is 18.5 Å². The van der Waals surface area contributed by atoms with Crippen LogP contribution in [-0.4, -0.2) is 30.1 Å². The molecule has 1 fully saturated rings. The summed E-state index contributed by atoms with van der Waals surface area (Å²) in [5, 5.41) is 0. The minimum Gasteiger partial charge on any atom is -0.329 e. The SMILES string of the molecule is CC(C)CN(C(C)CN)C1CCCCC1. The zero-order valence-electron chi connectivity index (χ0n) is 10.7. The Morgan fingerprint density at radius 2 is 1.73 bits per heavy atom. The third-order valence-electron chi connectivity index (χ3n) is 3.53. The van der Waals surface area contributed by atoms with E-state index in [2.05, 4.69) is 25.7 Å². The molecule has 1 unspecified atom stereocenters. The number of hydrogen-bond donors (Lipinski definition) is 1. The summed E-state index contributed by atoms with van der Waals surface area (Å²) in [4.78, 5) is 2.66. The molecule has 1 aliphatic carbocycles. The van der Waals surface area contributed by atoms with Gasteiger partial charge in [0.25, 0.3) is 0 Å². The quantitative estimate of drug-likeness (QED) is 0.759. The van der Waals surface area contributed by atoms with Crippen LogP contribution >= 0.6 is 0 Å². The van der Waals surface area contributed by atoms with Crippen molar-refractivity contribution < 1.29 is 0 Å². The van der Waals surface area contributed by atoms with Gasteiger partial charge in [-0.3, -0.25) is 4.90 Å². The van der Waals surface area contributed by atoms with E-state index in [1.165, 1.54) is 38.6 Å². The minimum atomic E-state index is 0.551. The first-order valence-electron chi connectivity index (χ1n) is 6.61. The largest absolute Gasteiger partial charge is 0.329 e. The van der Waals surface area contributed by atoms with Crippen LogP contribution < -0.4 is 5.73 Å². The van der Waals surface area contributed by atoms with E-state index in [1.54, 1.807) is 0 Å². The van der Waals surface area contributed by atoms with E-state index >= 15 is 0 Å². The van der Waals surface area contributed by atoms with Gasteiger partial charge in [-0.25, -0.2) is 0 Å². The van der Waals surface area contributed by atoms with Crippen molar-refractivity contribution in [3.63, 3.8) is 0 Å². The van der Waals surface area contributed by atoms with Gasteiger partial charge in [0.15, 0.2) is 0 Å². The Kier molecular flexibility index (Phi) is 5.62. The molecule has 1 rings (SSSR count). The van der Waals surface area contributed by atoms with E-state index in [4.69, 9.17) is 5.73 Å².